The van der Waals surface area contributed by atoms with E-state index in [1.54, 1.807) is 30.1 Å². The summed E-state index contributed by atoms with van der Waals surface area (Å²) in [5.41, 5.74) is 8.91. The molecule has 0 aliphatic heterocycles. The van der Waals surface area contributed by atoms with Gasteiger partial charge in [-0.1, -0.05) is 41.6 Å². The van der Waals surface area contributed by atoms with Gasteiger partial charge >= 0.3 is 0 Å². The molecule has 1 aromatic heterocycles. The fourth-order valence-electron chi connectivity index (χ4n) is 2.35. The maximum atomic E-state index is 11.1. The van der Waals surface area contributed by atoms with E-state index >= 15 is 0 Å². The molecule has 0 unspecified atom stereocenters. The molecule has 1 amide bonds. The van der Waals surface area contributed by atoms with Crippen LogP contribution in [0, 0.1) is 6.92 Å². The third kappa shape index (κ3) is 3.47. The lowest BCUT2D eigenvalue weighted by atomic mass is 10.1. The molecule has 0 aliphatic rings. The smallest absolute Gasteiger partial charge is 0.248 e. The lowest BCUT2D eigenvalue weighted by molar-refractivity contribution is 0.100. The largest absolute Gasteiger partial charge is 0.366 e. The predicted octanol–water partition coefficient (Wildman–Crippen LogP) is 4.23. The van der Waals surface area contributed by atoms with Crippen LogP contribution in [0.3, 0.4) is 0 Å². The van der Waals surface area contributed by atoms with Crippen molar-refractivity contribution in [2.45, 2.75) is 17.8 Å². The molecule has 3 rings (SSSR count). The first-order chi connectivity index (χ1) is 11.6. The summed E-state index contributed by atoms with van der Waals surface area (Å²) in [5.74, 6) is 0.330. The van der Waals surface area contributed by atoms with Crippen molar-refractivity contribution in [3.8, 4) is 5.69 Å². The van der Waals surface area contributed by atoms with Crippen molar-refractivity contribution in [2.75, 3.05) is 0 Å². The van der Waals surface area contributed by atoms with Crippen molar-refractivity contribution in [2.24, 2.45) is 5.73 Å². The first kappa shape index (κ1) is 16.6. The molecule has 0 spiro atoms. The Morgan fingerprint density at radius 1 is 1.25 bits per heavy atom. The highest BCUT2D eigenvalue weighted by molar-refractivity contribution is 7.98. The minimum atomic E-state index is -0.416. The van der Waals surface area contributed by atoms with Gasteiger partial charge in [0.1, 0.15) is 0 Å². The molecule has 0 atom stereocenters. The summed E-state index contributed by atoms with van der Waals surface area (Å²) < 4.78 is 2.03. The van der Waals surface area contributed by atoms with Gasteiger partial charge in [0.25, 0.3) is 0 Å². The van der Waals surface area contributed by atoms with Gasteiger partial charge in [0.15, 0.2) is 5.16 Å². The Morgan fingerprint density at radius 2 is 2.00 bits per heavy atom. The molecular weight excluding hydrogens is 342 g/mol. The van der Waals surface area contributed by atoms with E-state index in [1.807, 2.05) is 48.0 Å². The lowest BCUT2D eigenvalue weighted by Crippen LogP contribution is -2.10. The third-order valence-corrected chi connectivity index (χ3v) is 5.16. The van der Waals surface area contributed by atoms with Gasteiger partial charge in [-0.3, -0.25) is 9.36 Å². The van der Waals surface area contributed by atoms with Crippen LogP contribution in [-0.2, 0) is 5.75 Å². The molecular formula is C18H16ClN3OS. The van der Waals surface area contributed by atoms with Gasteiger partial charge in [0, 0.05) is 28.7 Å². The molecule has 0 saturated carbocycles. The third-order valence-electron chi connectivity index (χ3n) is 3.71. The number of amides is 1. The number of carbonyl (C=O) groups is 1. The number of nitrogens with zero attached hydrogens (tertiary/aromatic N) is 2. The number of rotatable bonds is 5. The molecule has 0 bridgehead atoms. The van der Waals surface area contributed by atoms with E-state index < -0.39 is 5.91 Å². The number of aromatic nitrogens is 2. The summed E-state index contributed by atoms with van der Waals surface area (Å²) in [6.07, 6.45) is 3.70. The summed E-state index contributed by atoms with van der Waals surface area (Å²) in [7, 11) is 0. The Labute approximate surface area is 149 Å². The van der Waals surface area contributed by atoms with Crippen LogP contribution < -0.4 is 5.73 Å². The second-order valence-corrected chi connectivity index (χ2v) is 6.66. The average molecular weight is 358 g/mol. The van der Waals surface area contributed by atoms with E-state index in [-0.39, 0.29) is 0 Å². The van der Waals surface area contributed by atoms with Gasteiger partial charge in [-0.2, -0.15) is 0 Å². The summed E-state index contributed by atoms with van der Waals surface area (Å²) in [4.78, 5) is 15.5. The predicted molar refractivity (Wildman–Crippen MR) is 97.8 cm³/mol. The molecule has 0 radical (unpaired) electrons. The van der Waals surface area contributed by atoms with E-state index in [9.17, 15) is 4.79 Å². The zero-order chi connectivity index (χ0) is 17.1. The Morgan fingerprint density at radius 3 is 2.71 bits per heavy atom. The van der Waals surface area contributed by atoms with Crippen molar-refractivity contribution in [3.05, 3.63) is 76.6 Å². The van der Waals surface area contributed by atoms with Crippen LogP contribution in [0.5, 0.6) is 0 Å². The van der Waals surface area contributed by atoms with Crippen molar-refractivity contribution in [3.63, 3.8) is 0 Å². The van der Waals surface area contributed by atoms with Crippen molar-refractivity contribution >= 4 is 29.3 Å². The summed E-state index contributed by atoms with van der Waals surface area (Å²) >= 11 is 7.84. The lowest BCUT2D eigenvalue weighted by Gasteiger charge is -2.11. The van der Waals surface area contributed by atoms with Gasteiger partial charge in [-0.05, 0) is 42.3 Å². The van der Waals surface area contributed by atoms with Crippen LogP contribution in [0.2, 0.25) is 5.02 Å². The van der Waals surface area contributed by atoms with Crippen molar-refractivity contribution in [1.82, 2.24) is 9.55 Å². The number of hydrogen-bond acceptors (Lipinski definition) is 3. The van der Waals surface area contributed by atoms with Crippen LogP contribution in [-0.4, -0.2) is 15.5 Å². The summed E-state index contributed by atoms with van der Waals surface area (Å²) in [6, 6.07) is 13.1. The van der Waals surface area contributed by atoms with Gasteiger partial charge in [0.05, 0.1) is 5.69 Å². The second kappa shape index (κ2) is 7.11. The number of primary amides is 1. The van der Waals surface area contributed by atoms with Crippen LogP contribution in [0.4, 0.5) is 0 Å². The van der Waals surface area contributed by atoms with Crippen LogP contribution >= 0.6 is 23.4 Å². The summed E-state index contributed by atoms with van der Waals surface area (Å²) in [5, 5.41) is 1.62. The number of hydrogen-bond donors (Lipinski definition) is 1. The van der Waals surface area contributed by atoms with E-state index in [0.717, 1.165) is 32.7 Å². The molecule has 3 aromatic rings. The highest BCUT2D eigenvalue weighted by atomic mass is 35.5. The Hall–Kier alpha value is -2.24. The fourth-order valence-corrected chi connectivity index (χ4v) is 3.44. The molecule has 122 valence electrons. The first-order valence-corrected chi connectivity index (χ1v) is 8.73. The quantitative estimate of drug-likeness (QED) is 0.695. The second-order valence-electron chi connectivity index (χ2n) is 5.31. The fraction of sp³-hybridized carbons (Fsp3) is 0.111. The molecule has 1 heterocycles. The van der Waals surface area contributed by atoms with Gasteiger partial charge in [-0.15, -0.1) is 0 Å². The topological polar surface area (TPSA) is 60.9 Å². The van der Waals surface area contributed by atoms with Crippen molar-refractivity contribution < 1.29 is 4.79 Å². The molecule has 0 fully saturated rings. The molecule has 2 aromatic carbocycles. The molecule has 24 heavy (non-hydrogen) atoms. The Balaban J connectivity index is 1.79. The minimum absolute atomic E-state index is 0.416. The van der Waals surface area contributed by atoms with Crippen molar-refractivity contribution in [1.29, 1.82) is 0 Å². The maximum absolute atomic E-state index is 11.1. The molecule has 0 aliphatic carbocycles. The number of halogens is 1. The molecule has 6 heteroatoms. The number of thioether (sulfide) groups is 1. The van der Waals surface area contributed by atoms with Gasteiger partial charge in [0.2, 0.25) is 5.91 Å². The van der Waals surface area contributed by atoms with Crippen LogP contribution in [0.15, 0.2) is 60.0 Å². The SMILES string of the molecule is Cc1c(Cl)cccc1-n1ccnc1SCc1ccc(C(N)=O)cc1. The Kier molecular flexibility index (Phi) is 4.92. The average Bonchev–Trinajstić information content (AvgIpc) is 3.04. The molecule has 4 nitrogen and oxygen atoms in total. The maximum Gasteiger partial charge on any atom is 0.248 e. The number of imidazole rings is 1. The van der Waals surface area contributed by atoms with E-state index in [0.29, 0.717) is 5.56 Å². The highest BCUT2D eigenvalue weighted by Gasteiger charge is 2.10. The van der Waals surface area contributed by atoms with E-state index in [4.69, 9.17) is 17.3 Å². The molecule has 2 N–H and O–H groups in total. The van der Waals surface area contributed by atoms with Crippen LogP contribution in [0.1, 0.15) is 21.5 Å². The van der Waals surface area contributed by atoms with Crippen LogP contribution in [0.25, 0.3) is 5.69 Å². The Bertz CT molecular complexity index is 874. The number of carbonyl (C=O) groups excluding carboxylic acids is 1. The zero-order valence-corrected chi connectivity index (χ0v) is 14.6. The minimum Gasteiger partial charge on any atom is -0.366 e. The summed E-state index contributed by atoms with van der Waals surface area (Å²) in [6.45, 7) is 1.99. The molecule has 0 saturated heterocycles. The van der Waals surface area contributed by atoms with Gasteiger partial charge < -0.3 is 5.73 Å². The standard InChI is InChI=1S/C18H16ClN3OS/c1-12-15(19)3-2-4-16(12)22-10-9-21-18(22)24-11-13-5-7-14(8-6-13)17(20)23/h2-10H,11H2,1H3,(H2,20,23). The van der Waals surface area contributed by atoms with Gasteiger partial charge in [-0.25, -0.2) is 4.98 Å². The zero-order valence-electron chi connectivity index (χ0n) is 13.1. The number of nitrogens with two attached hydrogens (primary N) is 1. The van der Waals surface area contributed by atoms with E-state index in [1.165, 1.54) is 0 Å². The first-order valence-electron chi connectivity index (χ1n) is 7.36. The monoisotopic (exact) mass is 357 g/mol. The van der Waals surface area contributed by atoms with E-state index in [2.05, 4.69) is 4.98 Å². The number of benzene rings is 2. The normalized spacial score (nSPS) is 10.8. The highest BCUT2D eigenvalue weighted by Crippen LogP contribution is 2.28.